The molecule has 2 aromatic rings. The minimum Gasteiger partial charge on any atom is -0.357 e. The monoisotopic (exact) mass is 274 g/mol. The van der Waals surface area contributed by atoms with Crippen LogP contribution in [0.25, 0.3) is 5.95 Å². The van der Waals surface area contributed by atoms with Crippen molar-refractivity contribution in [2.45, 2.75) is 26.7 Å². The first-order valence-electron chi connectivity index (χ1n) is 6.77. The molecule has 8 nitrogen and oxygen atoms in total. The number of rotatable bonds is 3. The summed E-state index contributed by atoms with van der Waals surface area (Å²) >= 11 is 0. The van der Waals surface area contributed by atoms with Gasteiger partial charge in [0.05, 0.1) is 0 Å². The zero-order valence-corrected chi connectivity index (χ0v) is 12.0. The van der Waals surface area contributed by atoms with Crippen LogP contribution in [0.5, 0.6) is 0 Å². The van der Waals surface area contributed by atoms with Crippen molar-refractivity contribution in [1.82, 2.24) is 29.7 Å². The van der Waals surface area contributed by atoms with E-state index >= 15 is 0 Å². The summed E-state index contributed by atoms with van der Waals surface area (Å²) < 4.78 is 1.65. The van der Waals surface area contributed by atoms with E-state index in [1.54, 1.807) is 11.7 Å². The molecule has 2 aromatic heterocycles. The second kappa shape index (κ2) is 5.03. The highest BCUT2D eigenvalue weighted by Gasteiger charge is 2.18. The average Bonchev–Trinajstić information content (AvgIpc) is 3.08. The lowest BCUT2D eigenvalue weighted by Gasteiger charge is -2.16. The lowest BCUT2D eigenvalue weighted by molar-refractivity contribution is 0.753. The third kappa shape index (κ3) is 2.28. The molecule has 0 amide bonds. The molecule has 3 heterocycles. The number of nitrogens with zero attached hydrogens (tertiary/aromatic N) is 7. The van der Waals surface area contributed by atoms with Gasteiger partial charge in [-0.1, -0.05) is 0 Å². The lowest BCUT2D eigenvalue weighted by Crippen LogP contribution is -2.22. The fourth-order valence-corrected chi connectivity index (χ4v) is 2.33. The summed E-state index contributed by atoms with van der Waals surface area (Å²) in [6.45, 7) is 5.72. The molecule has 8 heteroatoms. The number of aromatic nitrogens is 6. The number of hydrogen-bond acceptors (Lipinski definition) is 7. The van der Waals surface area contributed by atoms with E-state index in [0.717, 1.165) is 18.9 Å². The molecule has 0 radical (unpaired) electrons. The van der Waals surface area contributed by atoms with Crippen molar-refractivity contribution in [3.8, 4) is 5.95 Å². The smallest absolute Gasteiger partial charge is 0.258 e. The normalized spacial score (nSPS) is 14.8. The maximum absolute atomic E-state index is 4.53. The van der Waals surface area contributed by atoms with Crippen molar-refractivity contribution in [3.05, 3.63) is 11.6 Å². The van der Waals surface area contributed by atoms with Gasteiger partial charge in [0.15, 0.2) is 0 Å². The Hall–Kier alpha value is -2.25. The molecule has 1 saturated heterocycles. The maximum atomic E-state index is 4.53. The average molecular weight is 274 g/mol. The molecule has 0 bridgehead atoms. The van der Waals surface area contributed by atoms with Crippen molar-refractivity contribution in [2.75, 3.05) is 30.4 Å². The van der Waals surface area contributed by atoms with Crippen LogP contribution in [0.4, 0.5) is 11.9 Å². The van der Waals surface area contributed by atoms with Gasteiger partial charge in [0, 0.05) is 20.1 Å². The van der Waals surface area contributed by atoms with Gasteiger partial charge in [-0.15, -0.1) is 5.10 Å². The minimum absolute atomic E-state index is 0.504. The van der Waals surface area contributed by atoms with E-state index in [9.17, 15) is 0 Å². The van der Waals surface area contributed by atoms with E-state index < -0.39 is 0 Å². The van der Waals surface area contributed by atoms with Gasteiger partial charge in [-0.05, 0) is 26.7 Å². The van der Waals surface area contributed by atoms with Crippen molar-refractivity contribution in [1.29, 1.82) is 0 Å². The van der Waals surface area contributed by atoms with Crippen LogP contribution < -0.4 is 10.2 Å². The summed E-state index contributed by atoms with van der Waals surface area (Å²) in [5, 5.41) is 7.31. The summed E-state index contributed by atoms with van der Waals surface area (Å²) in [4.78, 5) is 19.8. The minimum atomic E-state index is 0.504. The predicted molar refractivity (Wildman–Crippen MR) is 75.2 cm³/mol. The van der Waals surface area contributed by atoms with E-state index in [4.69, 9.17) is 0 Å². The molecule has 1 aliphatic heterocycles. The molecule has 0 unspecified atom stereocenters. The van der Waals surface area contributed by atoms with Crippen LogP contribution in [-0.4, -0.2) is 49.9 Å². The molecule has 0 atom stereocenters. The van der Waals surface area contributed by atoms with Gasteiger partial charge in [-0.25, -0.2) is 4.98 Å². The van der Waals surface area contributed by atoms with Gasteiger partial charge < -0.3 is 10.2 Å². The second-order valence-electron chi connectivity index (χ2n) is 4.82. The first-order chi connectivity index (χ1) is 9.67. The number of hydrogen-bond donors (Lipinski definition) is 1. The highest BCUT2D eigenvalue weighted by molar-refractivity contribution is 5.40. The molecule has 1 N–H and O–H groups in total. The van der Waals surface area contributed by atoms with Crippen LogP contribution >= 0.6 is 0 Å². The molecule has 3 rings (SSSR count). The van der Waals surface area contributed by atoms with Crippen LogP contribution in [0.1, 0.15) is 24.5 Å². The van der Waals surface area contributed by atoms with Crippen molar-refractivity contribution in [2.24, 2.45) is 0 Å². The predicted octanol–water partition coefficient (Wildman–Crippen LogP) is 0.711. The molecule has 1 fully saturated rings. The van der Waals surface area contributed by atoms with Gasteiger partial charge >= 0.3 is 0 Å². The third-order valence-corrected chi connectivity index (χ3v) is 3.29. The number of anilines is 2. The Kier molecular flexibility index (Phi) is 3.21. The van der Waals surface area contributed by atoms with Crippen molar-refractivity contribution in [3.63, 3.8) is 0 Å². The molecule has 0 spiro atoms. The van der Waals surface area contributed by atoms with Crippen LogP contribution in [0, 0.1) is 13.8 Å². The molecule has 1 aliphatic rings. The summed E-state index contributed by atoms with van der Waals surface area (Å²) in [6, 6.07) is 0. The summed E-state index contributed by atoms with van der Waals surface area (Å²) in [6.07, 6.45) is 2.36. The Morgan fingerprint density at radius 2 is 1.65 bits per heavy atom. The molecule has 0 aromatic carbocycles. The van der Waals surface area contributed by atoms with Gasteiger partial charge in [0.1, 0.15) is 11.6 Å². The van der Waals surface area contributed by atoms with Gasteiger partial charge in [0.25, 0.3) is 5.95 Å². The van der Waals surface area contributed by atoms with Crippen LogP contribution in [-0.2, 0) is 0 Å². The lowest BCUT2D eigenvalue weighted by atomic mass is 10.4. The standard InChI is InChI=1S/C12H18N8/c1-8-14-9(2)20(18-8)12-16-10(13-3)15-11(17-12)19-6-4-5-7-19/h4-7H2,1-3H3,(H,13,15,16,17). The molecule has 20 heavy (non-hydrogen) atoms. The number of nitrogens with one attached hydrogen (secondary N) is 1. The quantitative estimate of drug-likeness (QED) is 0.882. The molecular weight excluding hydrogens is 256 g/mol. The highest BCUT2D eigenvalue weighted by Crippen LogP contribution is 2.18. The Bertz CT molecular complexity index is 614. The zero-order chi connectivity index (χ0) is 14.1. The van der Waals surface area contributed by atoms with E-state index in [1.807, 2.05) is 13.8 Å². The van der Waals surface area contributed by atoms with Crippen LogP contribution in [0.3, 0.4) is 0 Å². The fourth-order valence-electron chi connectivity index (χ4n) is 2.33. The zero-order valence-electron chi connectivity index (χ0n) is 12.0. The Morgan fingerprint density at radius 1 is 0.950 bits per heavy atom. The third-order valence-electron chi connectivity index (χ3n) is 3.29. The van der Waals surface area contributed by atoms with Crippen LogP contribution in [0.15, 0.2) is 0 Å². The first kappa shape index (κ1) is 12.8. The first-order valence-corrected chi connectivity index (χ1v) is 6.77. The Morgan fingerprint density at radius 3 is 2.25 bits per heavy atom. The van der Waals surface area contributed by atoms with Gasteiger partial charge in [0.2, 0.25) is 11.9 Å². The van der Waals surface area contributed by atoms with Gasteiger partial charge in [-0.3, -0.25) is 0 Å². The van der Waals surface area contributed by atoms with Crippen molar-refractivity contribution < 1.29 is 0 Å². The summed E-state index contributed by atoms with van der Waals surface area (Å²) in [5.41, 5.74) is 0. The summed E-state index contributed by atoms with van der Waals surface area (Å²) in [7, 11) is 1.80. The second-order valence-corrected chi connectivity index (χ2v) is 4.82. The highest BCUT2D eigenvalue weighted by atomic mass is 15.4. The Balaban J connectivity index is 2.05. The van der Waals surface area contributed by atoms with E-state index in [2.05, 4.69) is 35.3 Å². The fraction of sp³-hybridized carbons (Fsp3) is 0.583. The van der Waals surface area contributed by atoms with E-state index in [-0.39, 0.29) is 0 Å². The maximum Gasteiger partial charge on any atom is 0.258 e. The number of aryl methyl sites for hydroxylation is 2. The van der Waals surface area contributed by atoms with E-state index in [0.29, 0.717) is 23.7 Å². The largest absolute Gasteiger partial charge is 0.357 e. The molecule has 106 valence electrons. The topological polar surface area (TPSA) is 84.7 Å². The molecule has 0 aliphatic carbocycles. The molecular formula is C12H18N8. The van der Waals surface area contributed by atoms with Gasteiger partial charge in [-0.2, -0.15) is 19.6 Å². The van der Waals surface area contributed by atoms with E-state index in [1.165, 1.54) is 12.8 Å². The van der Waals surface area contributed by atoms with Crippen molar-refractivity contribution >= 4 is 11.9 Å². The molecule has 0 saturated carbocycles. The van der Waals surface area contributed by atoms with Crippen LogP contribution in [0.2, 0.25) is 0 Å². The SMILES string of the molecule is CNc1nc(N2CCCC2)nc(-n2nc(C)nc2C)n1. The Labute approximate surface area is 117 Å². The summed E-state index contributed by atoms with van der Waals surface area (Å²) in [5.74, 6) is 3.22.